The Hall–Kier alpha value is -1.96. The number of aromatic nitrogens is 2. The van der Waals surface area contributed by atoms with Crippen LogP contribution in [0.25, 0.3) is 0 Å². The highest BCUT2D eigenvalue weighted by Crippen LogP contribution is 2.27. The molecule has 2 aliphatic rings. The summed E-state index contributed by atoms with van der Waals surface area (Å²) in [6, 6.07) is 2.14. The number of aryl methyl sites for hydroxylation is 1. The molecule has 0 spiro atoms. The van der Waals surface area contributed by atoms with Gasteiger partial charge in [0, 0.05) is 17.5 Å². The molecule has 2 unspecified atom stereocenters. The number of nitrogens with zero attached hydrogens (tertiary/aromatic N) is 2. The normalized spacial score (nSPS) is 27.9. The predicted octanol–water partition coefficient (Wildman–Crippen LogP) is 4.76. The summed E-state index contributed by atoms with van der Waals surface area (Å²) in [7, 11) is 0. The van der Waals surface area contributed by atoms with E-state index in [-0.39, 0.29) is 0 Å². The van der Waals surface area contributed by atoms with Crippen LogP contribution in [0.2, 0.25) is 0 Å². The topological polar surface area (TPSA) is 25.8 Å². The minimum absolute atomic E-state index is 0.321. The van der Waals surface area contributed by atoms with E-state index < -0.39 is 0 Å². The zero-order valence-electron chi connectivity index (χ0n) is 12.6. The van der Waals surface area contributed by atoms with Crippen molar-refractivity contribution in [2.45, 2.75) is 44.4 Å². The minimum Gasteiger partial charge on any atom is -0.238 e. The molecule has 0 aliphatic heterocycles. The van der Waals surface area contributed by atoms with Crippen LogP contribution in [0.5, 0.6) is 0 Å². The van der Waals surface area contributed by atoms with E-state index in [0.29, 0.717) is 11.8 Å². The van der Waals surface area contributed by atoms with E-state index in [1.165, 1.54) is 0 Å². The van der Waals surface area contributed by atoms with Crippen molar-refractivity contribution in [3.05, 3.63) is 71.9 Å². The number of hydrogen-bond donors (Lipinski definition) is 0. The zero-order chi connectivity index (χ0) is 14.5. The van der Waals surface area contributed by atoms with Crippen molar-refractivity contribution >= 4 is 0 Å². The highest BCUT2D eigenvalue weighted by molar-refractivity contribution is 5.25. The van der Waals surface area contributed by atoms with Crippen molar-refractivity contribution in [3.8, 4) is 0 Å². The van der Waals surface area contributed by atoms with E-state index in [0.717, 1.165) is 42.9 Å². The summed E-state index contributed by atoms with van der Waals surface area (Å²) in [6.07, 6.45) is 22.0. The van der Waals surface area contributed by atoms with Gasteiger partial charge in [0.1, 0.15) is 5.82 Å². The summed E-state index contributed by atoms with van der Waals surface area (Å²) in [5.74, 6) is 1.66. The van der Waals surface area contributed by atoms with Gasteiger partial charge in [0.25, 0.3) is 0 Å². The van der Waals surface area contributed by atoms with Crippen LogP contribution >= 0.6 is 0 Å². The lowest BCUT2D eigenvalue weighted by molar-refractivity contribution is 0.721. The van der Waals surface area contributed by atoms with Gasteiger partial charge < -0.3 is 0 Å². The molecule has 0 radical (unpaired) electrons. The van der Waals surface area contributed by atoms with Gasteiger partial charge in [0.2, 0.25) is 0 Å². The Kier molecular flexibility index (Phi) is 4.44. The average molecular weight is 278 g/mol. The predicted molar refractivity (Wildman–Crippen MR) is 87.3 cm³/mol. The lowest BCUT2D eigenvalue weighted by Gasteiger charge is -2.17. The molecule has 0 bridgehead atoms. The first-order valence-electron chi connectivity index (χ1n) is 7.83. The molecule has 2 aliphatic carbocycles. The molecule has 0 fully saturated rings. The second kappa shape index (κ2) is 6.66. The fraction of sp³-hybridized carbons (Fsp3) is 0.368. The molecular formula is C19H22N2. The van der Waals surface area contributed by atoms with Gasteiger partial charge in [0.05, 0.1) is 5.69 Å². The van der Waals surface area contributed by atoms with Crippen molar-refractivity contribution in [1.29, 1.82) is 0 Å². The Balaban J connectivity index is 1.89. The molecule has 108 valence electrons. The van der Waals surface area contributed by atoms with E-state index in [1.54, 1.807) is 0 Å². The summed E-state index contributed by atoms with van der Waals surface area (Å²) in [4.78, 5) is 9.53. The third-order valence-corrected chi connectivity index (χ3v) is 4.01. The van der Waals surface area contributed by atoms with Gasteiger partial charge in [-0.2, -0.15) is 0 Å². The number of hydrogen-bond acceptors (Lipinski definition) is 2. The average Bonchev–Trinajstić information content (AvgIpc) is 2.47. The van der Waals surface area contributed by atoms with Crippen LogP contribution in [0.15, 0.2) is 54.7 Å². The van der Waals surface area contributed by atoms with Gasteiger partial charge in [0.15, 0.2) is 0 Å². The van der Waals surface area contributed by atoms with E-state index in [4.69, 9.17) is 4.98 Å². The Morgan fingerprint density at radius 1 is 0.857 bits per heavy atom. The zero-order valence-corrected chi connectivity index (χ0v) is 12.6. The van der Waals surface area contributed by atoms with E-state index >= 15 is 0 Å². The SMILES string of the molecule is Cc1cc(C2/C=C/CC/C=C\C2)nc(C2C=CC=CC2)n1. The molecule has 0 aromatic carbocycles. The lowest BCUT2D eigenvalue weighted by Crippen LogP contribution is -2.09. The molecule has 0 saturated carbocycles. The van der Waals surface area contributed by atoms with Crippen LogP contribution in [-0.2, 0) is 0 Å². The van der Waals surface area contributed by atoms with Crippen LogP contribution in [0, 0.1) is 6.92 Å². The Morgan fingerprint density at radius 2 is 1.71 bits per heavy atom. The molecule has 21 heavy (non-hydrogen) atoms. The molecule has 2 nitrogen and oxygen atoms in total. The third-order valence-electron chi connectivity index (χ3n) is 4.01. The summed E-state index contributed by atoms with van der Waals surface area (Å²) >= 11 is 0. The Labute approximate surface area is 127 Å². The van der Waals surface area contributed by atoms with Crippen molar-refractivity contribution in [2.24, 2.45) is 0 Å². The van der Waals surface area contributed by atoms with Crippen molar-refractivity contribution in [1.82, 2.24) is 9.97 Å². The summed E-state index contributed by atoms with van der Waals surface area (Å²) < 4.78 is 0. The van der Waals surface area contributed by atoms with Gasteiger partial charge >= 0.3 is 0 Å². The standard InChI is InChI=1S/C19H22N2/c1-15-14-18(16-10-6-3-2-4-7-11-16)21-19(20-15)17-12-8-5-9-13-17/h3,5-9,11-12,14,16-17H,2,4,10,13H2,1H3/b6-3-,11-7+. The lowest BCUT2D eigenvalue weighted by atomic mass is 9.95. The molecule has 0 amide bonds. The first-order chi connectivity index (χ1) is 10.3. The fourth-order valence-corrected chi connectivity index (χ4v) is 2.86. The van der Waals surface area contributed by atoms with Crippen LogP contribution in [0.1, 0.15) is 54.7 Å². The van der Waals surface area contributed by atoms with E-state index in [2.05, 4.69) is 66.6 Å². The van der Waals surface area contributed by atoms with Crippen molar-refractivity contribution in [2.75, 3.05) is 0 Å². The molecule has 0 saturated heterocycles. The maximum atomic E-state index is 4.87. The summed E-state index contributed by atoms with van der Waals surface area (Å²) in [5, 5.41) is 0. The highest BCUT2D eigenvalue weighted by Gasteiger charge is 2.16. The van der Waals surface area contributed by atoms with Crippen molar-refractivity contribution in [3.63, 3.8) is 0 Å². The van der Waals surface area contributed by atoms with Crippen LogP contribution in [0.4, 0.5) is 0 Å². The first kappa shape index (κ1) is 14.0. The van der Waals surface area contributed by atoms with Gasteiger partial charge in [-0.15, -0.1) is 0 Å². The molecule has 1 aromatic rings. The maximum Gasteiger partial charge on any atom is 0.136 e. The van der Waals surface area contributed by atoms with E-state index in [1.807, 2.05) is 0 Å². The van der Waals surface area contributed by atoms with E-state index in [9.17, 15) is 0 Å². The van der Waals surface area contributed by atoms with Gasteiger partial charge in [-0.25, -0.2) is 9.97 Å². The maximum absolute atomic E-state index is 4.87. The molecule has 2 heteroatoms. The first-order valence-corrected chi connectivity index (χ1v) is 7.83. The van der Waals surface area contributed by atoms with Gasteiger partial charge in [-0.3, -0.25) is 0 Å². The number of rotatable bonds is 2. The Bertz CT molecular complexity index is 608. The molecule has 1 heterocycles. The second-order valence-corrected chi connectivity index (χ2v) is 5.77. The quantitative estimate of drug-likeness (QED) is 0.729. The smallest absolute Gasteiger partial charge is 0.136 e. The summed E-state index contributed by atoms with van der Waals surface area (Å²) in [6.45, 7) is 2.07. The van der Waals surface area contributed by atoms with Gasteiger partial charge in [-0.05, 0) is 38.7 Å². The molecule has 0 N–H and O–H groups in total. The monoisotopic (exact) mass is 278 g/mol. The van der Waals surface area contributed by atoms with Crippen LogP contribution < -0.4 is 0 Å². The summed E-state index contributed by atoms with van der Waals surface area (Å²) in [5.41, 5.74) is 2.22. The highest BCUT2D eigenvalue weighted by atomic mass is 14.9. The largest absolute Gasteiger partial charge is 0.238 e. The second-order valence-electron chi connectivity index (χ2n) is 5.77. The van der Waals surface area contributed by atoms with Crippen LogP contribution in [-0.4, -0.2) is 9.97 Å². The fourth-order valence-electron chi connectivity index (χ4n) is 2.86. The third kappa shape index (κ3) is 3.57. The minimum atomic E-state index is 0.321. The van der Waals surface area contributed by atoms with Gasteiger partial charge in [-0.1, -0.05) is 48.6 Å². The number of allylic oxidation sites excluding steroid dienone is 8. The molecule has 2 atom stereocenters. The Morgan fingerprint density at radius 3 is 2.57 bits per heavy atom. The molecule has 3 rings (SSSR count). The van der Waals surface area contributed by atoms with Crippen LogP contribution in [0.3, 0.4) is 0 Å². The van der Waals surface area contributed by atoms with Crippen molar-refractivity contribution < 1.29 is 0 Å². The molecule has 1 aromatic heterocycles. The molecular weight excluding hydrogens is 256 g/mol.